The van der Waals surface area contributed by atoms with E-state index in [4.69, 9.17) is 0 Å². The number of anilines is 1. The smallest absolute Gasteiger partial charge is 0.404 e. The Morgan fingerprint density at radius 3 is 2.57 bits per heavy atom. The van der Waals surface area contributed by atoms with E-state index in [9.17, 15) is 22.8 Å². The molecule has 2 aromatic heterocycles. The van der Waals surface area contributed by atoms with Gasteiger partial charge in [0.25, 0.3) is 5.56 Å². The summed E-state index contributed by atoms with van der Waals surface area (Å²) in [6.07, 6.45) is -3.24. The summed E-state index contributed by atoms with van der Waals surface area (Å²) in [6, 6.07) is 5.65. The maximum absolute atomic E-state index is 12.6. The quantitative estimate of drug-likeness (QED) is 0.578. The molecule has 0 unspecified atom stereocenters. The van der Waals surface area contributed by atoms with E-state index in [1.165, 1.54) is 22.8 Å². The van der Waals surface area contributed by atoms with E-state index in [0.717, 1.165) is 12.8 Å². The molecule has 11 heteroatoms. The van der Waals surface area contributed by atoms with E-state index < -0.39 is 17.6 Å². The Morgan fingerprint density at radius 1 is 1.17 bits per heavy atom. The van der Waals surface area contributed by atoms with E-state index in [1.807, 2.05) is 13.8 Å². The van der Waals surface area contributed by atoms with Gasteiger partial charge in [-0.2, -0.15) is 0 Å². The zero-order valence-electron chi connectivity index (χ0n) is 16.5. The number of hydrogen-bond donors (Lipinski definition) is 2. The SMILES string of the molecule is CCCCn1c(=O)[nH]c(=O)c2c1nc(CNc1ccccc1OC(F)(F)F)n2CC. The highest BCUT2D eigenvalue weighted by Crippen LogP contribution is 2.30. The lowest BCUT2D eigenvalue weighted by Crippen LogP contribution is -2.31. The van der Waals surface area contributed by atoms with Crippen molar-refractivity contribution in [2.45, 2.75) is 52.7 Å². The van der Waals surface area contributed by atoms with Gasteiger partial charge in [-0.15, -0.1) is 13.2 Å². The Balaban J connectivity index is 1.99. The fourth-order valence-corrected chi connectivity index (χ4v) is 3.22. The van der Waals surface area contributed by atoms with Crippen LogP contribution in [-0.4, -0.2) is 25.5 Å². The highest BCUT2D eigenvalue weighted by atomic mass is 19.4. The molecule has 0 aliphatic carbocycles. The molecule has 0 aliphatic rings. The van der Waals surface area contributed by atoms with Gasteiger partial charge in [-0.05, 0) is 25.5 Å². The molecule has 0 atom stereocenters. The first kappa shape index (κ1) is 21.5. The molecule has 3 aromatic rings. The summed E-state index contributed by atoms with van der Waals surface area (Å²) in [6.45, 7) is 4.62. The number of para-hydroxylation sites is 2. The Kier molecular flexibility index (Phi) is 6.18. The van der Waals surface area contributed by atoms with Crippen LogP contribution in [0, 0.1) is 0 Å². The number of hydrogen-bond acceptors (Lipinski definition) is 5. The average Bonchev–Trinajstić information content (AvgIpc) is 3.05. The number of nitrogens with one attached hydrogen (secondary N) is 2. The first-order valence-electron chi connectivity index (χ1n) is 9.56. The van der Waals surface area contributed by atoms with Crippen LogP contribution in [0.4, 0.5) is 18.9 Å². The number of fused-ring (bicyclic) bond motifs is 1. The molecule has 0 spiro atoms. The van der Waals surface area contributed by atoms with Gasteiger partial charge in [-0.25, -0.2) is 9.78 Å². The van der Waals surface area contributed by atoms with Crippen LogP contribution in [0.1, 0.15) is 32.5 Å². The summed E-state index contributed by atoms with van der Waals surface area (Å²) in [5.41, 5.74) is -0.448. The molecule has 0 radical (unpaired) electrons. The van der Waals surface area contributed by atoms with Crippen LogP contribution in [0.3, 0.4) is 0 Å². The maximum atomic E-state index is 12.6. The number of rotatable bonds is 8. The molecular formula is C19H22F3N5O3. The van der Waals surface area contributed by atoms with E-state index in [0.29, 0.717) is 18.9 Å². The van der Waals surface area contributed by atoms with Gasteiger partial charge in [-0.3, -0.25) is 14.3 Å². The zero-order chi connectivity index (χ0) is 21.9. The second kappa shape index (κ2) is 8.64. The summed E-state index contributed by atoms with van der Waals surface area (Å²) >= 11 is 0. The molecule has 0 fully saturated rings. The number of unbranched alkanes of at least 4 members (excludes halogenated alkanes) is 1. The average molecular weight is 425 g/mol. The number of benzene rings is 1. The van der Waals surface area contributed by atoms with E-state index in [1.54, 1.807) is 10.6 Å². The van der Waals surface area contributed by atoms with Crippen LogP contribution < -0.4 is 21.3 Å². The third-order valence-corrected chi connectivity index (χ3v) is 4.57. The number of alkyl halides is 3. The normalized spacial score (nSPS) is 11.8. The number of aromatic amines is 1. The van der Waals surface area contributed by atoms with Gasteiger partial charge in [0.1, 0.15) is 5.82 Å². The minimum Gasteiger partial charge on any atom is -0.404 e. The van der Waals surface area contributed by atoms with E-state index in [2.05, 4.69) is 20.0 Å². The molecule has 8 nitrogen and oxygen atoms in total. The van der Waals surface area contributed by atoms with Gasteiger partial charge in [0, 0.05) is 13.1 Å². The number of aryl methyl sites for hydroxylation is 2. The predicted molar refractivity (Wildman–Crippen MR) is 106 cm³/mol. The van der Waals surface area contributed by atoms with Crippen molar-refractivity contribution in [3.05, 3.63) is 50.9 Å². The van der Waals surface area contributed by atoms with Gasteiger partial charge in [-0.1, -0.05) is 25.5 Å². The van der Waals surface area contributed by atoms with E-state index >= 15 is 0 Å². The lowest BCUT2D eigenvalue weighted by molar-refractivity contribution is -0.274. The van der Waals surface area contributed by atoms with Crippen LogP contribution in [-0.2, 0) is 19.6 Å². The molecule has 162 valence electrons. The molecule has 0 amide bonds. The molecule has 30 heavy (non-hydrogen) atoms. The Morgan fingerprint density at radius 2 is 1.90 bits per heavy atom. The van der Waals surface area contributed by atoms with Gasteiger partial charge >= 0.3 is 12.1 Å². The molecule has 0 saturated carbocycles. The Labute approximate surface area is 169 Å². The van der Waals surface area contributed by atoms with Crippen molar-refractivity contribution in [1.29, 1.82) is 0 Å². The Bertz CT molecular complexity index is 1150. The number of H-pyrrole nitrogens is 1. The minimum atomic E-state index is -4.82. The topological polar surface area (TPSA) is 93.9 Å². The lowest BCUT2D eigenvalue weighted by Gasteiger charge is -2.14. The summed E-state index contributed by atoms with van der Waals surface area (Å²) < 4.78 is 45.0. The summed E-state index contributed by atoms with van der Waals surface area (Å²) in [5.74, 6) is 0.0394. The number of aromatic nitrogens is 4. The van der Waals surface area contributed by atoms with Crippen LogP contribution in [0.25, 0.3) is 11.2 Å². The van der Waals surface area contributed by atoms with Crippen molar-refractivity contribution < 1.29 is 17.9 Å². The molecule has 1 aromatic carbocycles. The second-order valence-electron chi connectivity index (χ2n) is 6.61. The van der Waals surface area contributed by atoms with Gasteiger partial charge in [0.2, 0.25) is 0 Å². The van der Waals surface area contributed by atoms with Crippen LogP contribution in [0.15, 0.2) is 33.9 Å². The van der Waals surface area contributed by atoms with Crippen LogP contribution >= 0.6 is 0 Å². The predicted octanol–water partition coefficient (Wildman–Crippen LogP) is 3.22. The fraction of sp³-hybridized carbons (Fsp3) is 0.421. The van der Waals surface area contributed by atoms with E-state index in [-0.39, 0.29) is 29.1 Å². The molecule has 3 rings (SSSR count). The van der Waals surface area contributed by atoms with Gasteiger partial charge in [0.05, 0.1) is 12.2 Å². The molecule has 0 aliphatic heterocycles. The maximum Gasteiger partial charge on any atom is 0.573 e. The molecule has 2 N–H and O–H groups in total. The van der Waals surface area contributed by atoms with Crippen molar-refractivity contribution >= 4 is 16.9 Å². The van der Waals surface area contributed by atoms with Crippen molar-refractivity contribution in [2.75, 3.05) is 5.32 Å². The van der Waals surface area contributed by atoms with Crippen molar-refractivity contribution in [3.63, 3.8) is 0 Å². The third kappa shape index (κ3) is 4.50. The van der Waals surface area contributed by atoms with Crippen molar-refractivity contribution in [2.24, 2.45) is 0 Å². The number of imidazole rings is 1. The summed E-state index contributed by atoms with van der Waals surface area (Å²) in [7, 11) is 0. The first-order chi connectivity index (χ1) is 14.2. The molecule has 0 bridgehead atoms. The Hall–Kier alpha value is -3.24. The zero-order valence-corrected chi connectivity index (χ0v) is 16.5. The van der Waals surface area contributed by atoms with Gasteiger partial charge in [0.15, 0.2) is 16.9 Å². The second-order valence-corrected chi connectivity index (χ2v) is 6.61. The van der Waals surface area contributed by atoms with Crippen molar-refractivity contribution in [3.8, 4) is 5.75 Å². The molecule has 2 heterocycles. The van der Waals surface area contributed by atoms with Gasteiger partial charge < -0.3 is 14.6 Å². The number of nitrogens with zero attached hydrogens (tertiary/aromatic N) is 3. The third-order valence-electron chi connectivity index (χ3n) is 4.57. The number of ether oxygens (including phenoxy) is 1. The number of halogens is 3. The fourth-order valence-electron chi connectivity index (χ4n) is 3.22. The van der Waals surface area contributed by atoms with Crippen LogP contribution in [0.2, 0.25) is 0 Å². The highest BCUT2D eigenvalue weighted by molar-refractivity contribution is 5.71. The summed E-state index contributed by atoms with van der Waals surface area (Å²) in [4.78, 5) is 31.4. The van der Waals surface area contributed by atoms with Crippen LogP contribution in [0.5, 0.6) is 5.75 Å². The summed E-state index contributed by atoms with van der Waals surface area (Å²) in [5, 5.41) is 2.88. The molecular weight excluding hydrogens is 403 g/mol. The minimum absolute atomic E-state index is 0.0299. The molecule has 0 saturated heterocycles. The lowest BCUT2D eigenvalue weighted by atomic mass is 10.3. The van der Waals surface area contributed by atoms with Crippen molar-refractivity contribution in [1.82, 2.24) is 19.1 Å². The monoisotopic (exact) mass is 425 g/mol. The largest absolute Gasteiger partial charge is 0.573 e. The highest BCUT2D eigenvalue weighted by Gasteiger charge is 2.32. The standard InChI is InChI=1S/C19H22F3N5O3/c1-3-5-10-27-16-15(17(28)25-18(27)29)26(4-2)14(24-16)11-23-12-8-6-7-9-13(12)30-19(20,21)22/h6-9,23H,3-5,10-11H2,1-2H3,(H,25,28,29). The first-order valence-corrected chi connectivity index (χ1v) is 9.56.